The minimum Gasteiger partial charge on any atom is -0.488 e. The van der Waals surface area contributed by atoms with Gasteiger partial charge in [0.25, 0.3) is 0 Å². The zero-order valence-electron chi connectivity index (χ0n) is 18.7. The summed E-state index contributed by atoms with van der Waals surface area (Å²) in [5.41, 5.74) is 2.45. The van der Waals surface area contributed by atoms with Crippen LogP contribution in [0.25, 0.3) is 16.5 Å². The van der Waals surface area contributed by atoms with E-state index in [4.69, 9.17) is 16.3 Å². The molecule has 0 aliphatic carbocycles. The van der Waals surface area contributed by atoms with Crippen LogP contribution in [-0.2, 0) is 21.4 Å². The van der Waals surface area contributed by atoms with Gasteiger partial charge in [-0.2, -0.15) is 4.31 Å². The van der Waals surface area contributed by atoms with Crippen molar-refractivity contribution in [2.45, 2.75) is 37.8 Å². The number of benzene rings is 2. The molecule has 0 saturated carbocycles. The van der Waals surface area contributed by atoms with Gasteiger partial charge < -0.3 is 14.4 Å². The molecule has 0 saturated heterocycles. The van der Waals surface area contributed by atoms with Gasteiger partial charge in [-0.05, 0) is 56.2 Å². The first-order valence-corrected chi connectivity index (χ1v) is 12.5. The van der Waals surface area contributed by atoms with E-state index in [-0.39, 0.29) is 36.4 Å². The molecule has 3 aromatic rings. The summed E-state index contributed by atoms with van der Waals surface area (Å²) in [7, 11) is -3.90. The van der Waals surface area contributed by atoms with E-state index < -0.39 is 21.8 Å². The fourth-order valence-corrected chi connectivity index (χ4v) is 5.61. The van der Waals surface area contributed by atoms with Gasteiger partial charge in [-0.1, -0.05) is 23.7 Å². The first-order valence-electron chi connectivity index (χ1n) is 10.7. The molecule has 0 amide bonds. The van der Waals surface area contributed by atoms with Crippen LogP contribution in [-0.4, -0.2) is 47.6 Å². The number of carboxylic acid groups (broad SMARTS) is 1. The van der Waals surface area contributed by atoms with Crippen LogP contribution in [0.1, 0.15) is 25.8 Å². The summed E-state index contributed by atoms with van der Waals surface area (Å²) < 4.78 is 48.8. The van der Waals surface area contributed by atoms with Gasteiger partial charge in [-0.15, -0.1) is 0 Å². The molecule has 2 aromatic carbocycles. The Kier molecular flexibility index (Phi) is 6.71. The number of rotatable bonds is 7. The Morgan fingerprint density at radius 3 is 2.62 bits per heavy atom. The van der Waals surface area contributed by atoms with Gasteiger partial charge in [-0.25, -0.2) is 12.8 Å². The van der Waals surface area contributed by atoms with Gasteiger partial charge in [0.1, 0.15) is 6.54 Å². The molecule has 10 heteroatoms. The van der Waals surface area contributed by atoms with Crippen molar-refractivity contribution in [3.8, 4) is 5.75 Å². The first kappa shape index (κ1) is 24.3. The highest BCUT2D eigenvalue weighted by molar-refractivity contribution is 7.89. The number of sulfonamides is 1. The van der Waals surface area contributed by atoms with Crippen LogP contribution in [0.3, 0.4) is 0 Å². The van der Waals surface area contributed by atoms with Crippen LogP contribution in [0.4, 0.5) is 4.39 Å². The van der Waals surface area contributed by atoms with Crippen LogP contribution in [0.2, 0.25) is 5.02 Å². The van der Waals surface area contributed by atoms with Crippen molar-refractivity contribution in [2.24, 2.45) is 0 Å². The van der Waals surface area contributed by atoms with Gasteiger partial charge >= 0.3 is 5.97 Å². The molecule has 180 valence electrons. The third-order valence-corrected chi connectivity index (χ3v) is 7.67. The quantitative estimate of drug-likeness (QED) is 0.498. The molecule has 4 rings (SSSR count). The number of ether oxygens (including phenoxy) is 1. The van der Waals surface area contributed by atoms with E-state index in [1.54, 1.807) is 36.7 Å². The fraction of sp³-hybridized carbons (Fsp3) is 0.292. The molecule has 0 fully saturated rings. The highest BCUT2D eigenvalue weighted by Gasteiger charge is 2.28. The van der Waals surface area contributed by atoms with Gasteiger partial charge in [0, 0.05) is 35.3 Å². The second kappa shape index (κ2) is 9.40. The van der Waals surface area contributed by atoms with Crippen molar-refractivity contribution < 1.29 is 27.4 Å². The van der Waals surface area contributed by atoms with Crippen LogP contribution in [0.5, 0.6) is 5.75 Å². The molecule has 1 aliphatic heterocycles. The van der Waals surface area contributed by atoms with E-state index in [1.807, 2.05) is 12.1 Å². The molecule has 0 spiro atoms. The van der Waals surface area contributed by atoms with E-state index in [0.29, 0.717) is 17.0 Å². The number of fused-ring (bicyclic) bond motifs is 1. The van der Waals surface area contributed by atoms with Crippen molar-refractivity contribution in [2.75, 3.05) is 13.1 Å². The fourth-order valence-electron chi connectivity index (χ4n) is 4.05. The smallest absolute Gasteiger partial charge is 0.323 e. The zero-order chi connectivity index (χ0) is 24.6. The van der Waals surface area contributed by atoms with Crippen molar-refractivity contribution in [1.29, 1.82) is 0 Å². The van der Waals surface area contributed by atoms with Crippen LogP contribution in [0, 0.1) is 5.82 Å². The lowest BCUT2D eigenvalue weighted by Crippen LogP contribution is -2.34. The number of halogens is 2. The maximum Gasteiger partial charge on any atom is 0.323 e. The Balaban J connectivity index is 1.61. The number of aliphatic carboxylic acids is 1. The molecule has 2 heterocycles. The number of nitrogens with zero attached hydrogens (tertiary/aromatic N) is 2. The van der Waals surface area contributed by atoms with Crippen LogP contribution < -0.4 is 4.74 Å². The lowest BCUT2D eigenvalue weighted by Gasteiger charge is -2.26. The Morgan fingerprint density at radius 1 is 1.24 bits per heavy atom. The van der Waals surface area contributed by atoms with Crippen molar-refractivity contribution >= 4 is 44.1 Å². The summed E-state index contributed by atoms with van der Waals surface area (Å²) >= 11 is 6.11. The number of hydrogen-bond acceptors (Lipinski definition) is 4. The molecule has 1 aliphatic rings. The minimum absolute atomic E-state index is 0.00707. The molecule has 0 atom stereocenters. The average Bonchev–Trinajstić information content (AvgIpc) is 3.11. The van der Waals surface area contributed by atoms with E-state index in [1.165, 1.54) is 16.4 Å². The van der Waals surface area contributed by atoms with Crippen LogP contribution in [0.15, 0.2) is 53.6 Å². The lowest BCUT2D eigenvalue weighted by atomic mass is 10.00. The van der Waals surface area contributed by atoms with E-state index in [0.717, 1.165) is 22.6 Å². The normalized spacial score (nSPS) is 15.0. The van der Waals surface area contributed by atoms with E-state index >= 15 is 0 Å². The largest absolute Gasteiger partial charge is 0.488 e. The highest BCUT2D eigenvalue weighted by Crippen LogP contribution is 2.34. The lowest BCUT2D eigenvalue weighted by molar-refractivity contribution is -0.137. The molecule has 1 N–H and O–H groups in total. The SMILES string of the molecule is CC(C)Oc1ccc(S(=O)(=O)N2CC=C(c3cn(CC(=O)O)c4cc(Cl)ccc34)CC2)cc1F. The van der Waals surface area contributed by atoms with Gasteiger partial charge in [0.2, 0.25) is 10.0 Å². The predicted molar refractivity (Wildman–Crippen MR) is 128 cm³/mol. The summed E-state index contributed by atoms with van der Waals surface area (Å²) in [5.74, 6) is -1.70. The zero-order valence-corrected chi connectivity index (χ0v) is 20.2. The first-order chi connectivity index (χ1) is 16.1. The topological polar surface area (TPSA) is 88.8 Å². The van der Waals surface area contributed by atoms with Crippen molar-refractivity contribution in [3.05, 3.63) is 65.1 Å². The third-order valence-electron chi connectivity index (χ3n) is 5.57. The maximum atomic E-state index is 14.4. The Hall–Kier alpha value is -2.88. The second-order valence-corrected chi connectivity index (χ2v) is 10.7. The van der Waals surface area contributed by atoms with Crippen LogP contribution >= 0.6 is 11.6 Å². The molecular weight excluding hydrogens is 483 g/mol. The van der Waals surface area contributed by atoms with Crippen molar-refractivity contribution in [1.82, 2.24) is 8.87 Å². The minimum atomic E-state index is -3.90. The molecule has 0 radical (unpaired) electrons. The third kappa shape index (κ3) is 4.82. The number of carboxylic acids is 1. The summed E-state index contributed by atoms with van der Waals surface area (Å²) in [6, 6.07) is 8.94. The van der Waals surface area contributed by atoms with Crippen molar-refractivity contribution in [3.63, 3.8) is 0 Å². The molecule has 0 bridgehead atoms. The molecule has 7 nitrogen and oxygen atoms in total. The summed E-state index contributed by atoms with van der Waals surface area (Å²) in [4.78, 5) is 11.2. The van der Waals surface area contributed by atoms with Gasteiger partial charge in [0.15, 0.2) is 11.6 Å². The van der Waals surface area contributed by atoms with Gasteiger partial charge in [-0.3, -0.25) is 4.79 Å². The molecule has 1 aromatic heterocycles. The van der Waals surface area contributed by atoms with E-state index in [9.17, 15) is 22.7 Å². The van der Waals surface area contributed by atoms with Gasteiger partial charge in [0.05, 0.1) is 16.5 Å². The Morgan fingerprint density at radius 2 is 2.00 bits per heavy atom. The molecule has 0 unspecified atom stereocenters. The average molecular weight is 507 g/mol. The highest BCUT2D eigenvalue weighted by atomic mass is 35.5. The molecule has 34 heavy (non-hydrogen) atoms. The maximum absolute atomic E-state index is 14.4. The Bertz CT molecular complexity index is 1400. The van der Waals surface area contributed by atoms with E-state index in [2.05, 4.69) is 0 Å². The number of carbonyl (C=O) groups is 1. The summed E-state index contributed by atoms with van der Waals surface area (Å²) in [5, 5.41) is 10.6. The molecular formula is C24H24ClFN2O5S. The number of aromatic nitrogens is 1. The summed E-state index contributed by atoms with van der Waals surface area (Å²) in [6.07, 6.45) is 3.75. The Labute approximate surface area is 202 Å². The number of hydrogen-bond donors (Lipinski definition) is 1. The monoisotopic (exact) mass is 506 g/mol. The summed E-state index contributed by atoms with van der Waals surface area (Å²) in [6.45, 7) is 3.62. The second-order valence-electron chi connectivity index (χ2n) is 8.33. The predicted octanol–water partition coefficient (Wildman–Crippen LogP) is 4.78. The standard InChI is InChI=1S/C24H24ClFN2O5S/c1-15(2)33-23-6-4-18(12-21(23)26)34(31,32)28-9-7-16(8-10-28)20-13-27(14-24(29)30)22-11-17(25)3-5-19(20)22/h3-7,11-13,15H,8-10,14H2,1-2H3,(H,29,30).